The topological polar surface area (TPSA) is 73.5 Å². The third kappa shape index (κ3) is 7.34. The number of carbonyl (C=O) groups excluding carboxylic acids is 2. The molecular formula is C22H34N4O2. The lowest BCUT2D eigenvalue weighted by molar-refractivity contribution is 0.0954. The Kier molecular flexibility index (Phi) is 8.45. The van der Waals surface area contributed by atoms with Crippen LogP contribution in [0.25, 0.3) is 0 Å². The molecule has 2 aliphatic rings. The number of Topliss-reactive ketones (excluding diaryl/α,β-unsaturated/α-hetero) is 1. The molecule has 0 atom stereocenters. The van der Waals surface area contributed by atoms with Gasteiger partial charge in [-0.2, -0.15) is 0 Å². The first-order chi connectivity index (χ1) is 13.7. The third-order valence-corrected chi connectivity index (χ3v) is 5.50. The Hall–Kier alpha value is -1.76. The molecule has 3 N–H and O–H groups in total. The van der Waals surface area contributed by atoms with Crippen molar-refractivity contribution in [3.8, 4) is 0 Å². The van der Waals surface area contributed by atoms with E-state index in [0.29, 0.717) is 24.2 Å². The number of piperidine rings is 1. The van der Waals surface area contributed by atoms with E-state index >= 15 is 0 Å². The zero-order chi connectivity index (χ0) is 19.6. The second kappa shape index (κ2) is 11.3. The van der Waals surface area contributed by atoms with Crippen LogP contribution < -0.4 is 16.0 Å². The van der Waals surface area contributed by atoms with E-state index in [9.17, 15) is 9.59 Å². The van der Waals surface area contributed by atoms with Crippen LogP contribution in [0.2, 0.25) is 0 Å². The highest BCUT2D eigenvalue weighted by atomic mass is 16.1. The molecule has 28 heavy (non-hydrogen) atoms. The number of amides is 1. The van der Waals surface area contributed by atoms with Crippen molar-refractivity contribution in [1.29, 1.82) is 0 Å². The average Bonchev–Trinajstić information content (AvgIpc) is 3.56. The minimum Gasteiger partial charge on any atom is -0.351 e. The normalized spacial score (nSPS) is 17.4. The van der Waals surface area contributed by atoms with Gasteiger partial charge in [0.15, 0.2) is 5.78 Å². The number of carbonyl (C=O) groups is 2. The van der Waals surface area contributed by atoms with Crippen molar-refractivity contribution in [2.75, 3.05) is 52.4 Å². The fourth-order valence-corrected chi connectivity index (χ4v) is 3.55. The lowest BCUT2D eigenvalue weighted by Crippen LogP contribution is -2.37. The molecule has 2 fully saturated rings. The fraction of sp³-hybridized carbons (Fsp3) is 0.636. The molecule has 6 nitrogen and oxygen atoms in total. The quantitative estimate of drug-likeness (QED) is 0.376. The first kappa shape index (κ1) is 21.0. The standard InChI is InChI=1S/C22H34N4O2/c27-21(17-24-11-14-26-12-2-1-3-13-26)19-5-4-6-20(15-19)22(28)25-10-9-23-16-18-7-8-18/h4-6,15,18,23-24H,1-3,7-14,16-17H2,(H,25,28). The maximum atomic E-state index is 12.4. The number of benzene rings is 1. The summed E-state index contributed by atoms with van der Waals surface area (Å²) in [5.41, 5.74) is 1.13. The van der Waals surface area contributed by atoms with E-state index in [4.69, 9.17) is 0 Å². The van der Waals surface area contributed by atoms with Gasteiger partial charge >= 0.3 is 0 Å². The Morgan fingerprint density at radius 3 is 2.54 bits per heavy atom. The molecule has 1 aromatic carbocycles. The molecule has 1 saturated heterocycles. The van der Waals surface area contributed by atoms with E-state index in [2.05, 4.69) is 20.9 Å². The van der Waals surface area contributed by atoms with E-state index in [1.807, 2.05) is 0 Å². The summed E-state index contributed by atoms with van der Waals surface area (Å²) in [6.07, 6.45) is 6.55. The minimum atomic E-state index is -0.124. The van der Waals surface area contributed by atoms with Crippen molar-refractivity contribution in [2.45, 2.75) is 32.1 Å². The average molecular weight is 387 g/mol. The highest BCUT2D eigenvalue weighted by Gasteiger charge is 2.20. The Bertz CT molecular complexity index is 639. The molecule has 0 spiro atoms. The molecule has 1 aromatic rings. The van der Waals surface area contributed by atoms with Crippen LogP contribution >= 0.6 is 0 Å². The van der Waals surface area contributed by atoms with Crippen LogP contribution in [0.3, 0.4) is 0 Å². The lowest BCUT2D eigenvalue weighted by atomic mass is 10.1. The number of ketones is 1. The molecule has 0 bridgehead atoms. The largest absolute Gasteiger partial charge is 0.351 e. The Morgan fingerprint density at radius 2 is 1.75 bits per heavy atom. The van der Waals surface area contributed by atoms with Crippen molar-refractivity contribution < 1.29 is 9.59 Å². The van der Waals surface area contributed by atoms with Crippen molar-refractivity contribution >= 4 is 11.7 Å². The SMILES string of the molecule is O=C(CNCCN1CCCCC1)c1cccc(C(=O)NCCNCC2CC2)c1. The number of likely N-dealkylation sites (tertiary alicyclic amines) is 1. The number of nitrogens with zero attached hydrogens (tertiary/aromatic N) is 1. The number of hydrogen-bond acceptors (Lipinski definition) is 5. The van der Waals surface area contributed by atoms with Gasteiger partial charge in [0.25, 0.3) is 5.91 Å². The number of nitrogens with one attached hydrogen (secondary N) is 3. The second-order valence-electron chi connectivity index (χ2n) is 7.99. The molecule has 154 valence electrons. The molecule has 1 heterocycles. The van der Waals surface area contributed by atoms with E-state index in [1.54, 1.807) is 24.3 Å². The van der Waals surface area contributed by atoms with E-state index in [-0.39, 0.29) is 11.7 Å². The van der Waals surface area contributed by atoms with Crippen molar-refractivity contribution in [3.05, 3.63) is 35.4 Å². The molecule has 1 amide bonds. The highest BCUT2D eigenvalue weighted by Crippen LogP contribution is 2.27. The monoisotopic (exact) mass is 386 g/mol. The maximum absolute atomic E-state index is 12.4. The van der Waals surface area contributed by atoms with Gasteiger partial charge in [0, 0.05) is 37.3 Å². The van der Waals surface area contributed by atoms with Crippen LogP contribution in [0, 0.1) is 5.92 Å². The smallest absolute Gasteiger partial charge is 0.251 e. The Balaban J connectivity index is 1.34. The van der Waals surface area contributed by atoms with Crippen LogP contribution in [0.4, 0.5) is 0 Å². The third-order valence-electron chi connectivity index (χ3n) is 5.50. The first-order valence-electron chi connectivity index (χ1n) is 10.8. The van der Waals surface area contributed by atoms with Crippen molar-refractivity contribution in [1.82, 2.24) is 20.9 Å². The molecule has 1 aliphatic carbocycles. The number of rotatable bonds is 12. The summed E-state index contributed by atoms with van der Waals surface area (Å²) in [5.74, 6) is 0.743. The highest BCUT2D eigenvalue weighted by molar-refractivity contribution is 6.01. The molecule has 0 unspecified atom stereocenters. The molecule has 6 heteroatoms. The Labute approximate surface area is 168 Å². The zero-order valence-electron chi connectivity index (χ0n) is 16.8. The van der Waals surface area contributed by atoms with Crippen LogP contribution in [0.15, 0.2) is 24.3 Å². The summed E-state index contributed by atoms with van der Waals surface area (Å²) in [6, 6.07) is 7.01. The fourth-order valence-electron chi connectivity index (χ4n) is 3.55. The minimum absolute atomic E-state index is 0.0272. The van der Waals surface area contributed by atoms with Gasteiger partial charge in [-0.05, 0) is 63.4 Å². The van der Waals surface area contributed by atoms with E-state index in [1.165, 1.54) is 45.2 Å². The van der Waals surface area contributed by atoms with Gasteiger partial charge in [0.05, 0.1) is 6.54 Å². The second-order valence-corrected chi connectivity index (χ2v) is 7.99. The van der Waals surface area contributed by atoms with Crippen LogP contribution in [-0.4, -0.2) is 68.9 Å². The van der Waals surface area contributed by atoms with Crippen LogP contribution in [-0.2, 0) is 0 Å². The summed E-state index contributed by atoms with van der Waals surface area (Å²) in [4.78, 5) is 27.2. The summed E-state index contributed by atoms with van der Waals surface area (Å²) in [5, 5.41) is 9.51. The van der Waals surface area contributed by atoms with Gasteiger partial charge in [0.2, 0.25) is 0 Å². The summed E-state index contributed by atoms with van der Waals surface area (Å²) in [6.45, 7) is 6.88. The Morgan fingerprint density at radius 1 is 0.964 bits per heavy atom. The van der Waals surface area contributed by atoms with Gasteiger partial charge in [-0.15, -0.1) is 0 Å². The predicted octanol–water partition coefficient (Wildman–Crippen LogP) is 1.67. The summed E-state index contributed by atoms with van der Waals surface area (Å²) < 4.78 is 0. The molecule has 0 aromatic heterocycles. The van der Waals surface area contributed by atoms with E-state index in [0.717, 1.165) is 32.1 Å². The van der Waals surface area contributed by atoms with Crippen LogP contribution in [0.5, 0.6) is 0 Å². The zero-order valence-corrected chi connectivity index (χ0v) is 16.8. The van der Waals surface area contributed by atoms with Crippen molar-refractivity contribution in [2.24, 2.45) is 5.92 Å². The van der Waals surface area contributed by atoms with Crippen molar-refractivity contribution in [3.63, 3.8) is 0 Å². The summed E-state index contributed by atoms with van der Waals surface area (Å²) >= 11 is 0. The van der Waals surface area contributed by atoms with Gasteiger partial charge < -0.3 is 20.9 Å². The number of hydrogen-bond donors (Lipinski definition) is 3. The lowest BCUT2D eigenvalue weighted by Gasteiger charge is -2.26. The molecule has 0 radical (unpaired) electrons. The molecular weight excluding hydrogens is 352 g/mol. The van der Waals surface area contributed by atoms with Gasteiger partial charge in [-0.25, -0.2) is 0 Å². The van der Waals surface area contributed by atoms with E-state index < -0.39 is 0 Å². The van der Waals surface area contributed by atoms with Gasteiger partial charge in [-0.3, -0.25) is 9.59 Å². The summed E-state index contributed by atoms with van der Waals surface area (Å²) in [7, 11) is 0. The predicted molar refractivity (Wildman–Crippen MR) is 112 cm³/mol. The molecule has 3 rings (SSSR count). The molecule has 1 aliphatic heterocycles. The van der Waals surface area contributed by atoms with Crippen LogP contribution in [0.1, 0.15) is 52.8 Å². The maximum Gasteiger partial charge on any atom is 0.251 e. The molecule has 1 saturated carbocycles. The van der Waals surface area contributed by atoms with Gasteiger partial charge in [-0.1, -0.05) is 18.6 Å². The van der Waals surface area contributed by atoms with Gasteiger partial charge in [0.1, 0.15) is 0 Å². The first-order valence-corrected chi connectivity index (χ1v) is 10.8.